The first-order chi connectivity index (χ1) is 14.5. The summed E-state index contributed by atoms with van der Waals surface area (Å²) in [6.45, 7) is 3.77. The van der Waals surface area contributed by atoms with Crippen LogP contribution in [0.1, 0.15) is 11.5 Å². The molecule has 4 rings (SSSR count). The summed E-state index contributed by atoms with van der Waals surface area (Å²) in [4.78, 5) is 21.6. The fourth-order valence-corrected chi connectivity index (χ4v) is 3.04. The number of anilines is 4. The summed E-state index contributed by atoms with van der Waals surface area (Å²) in [6, 6.07) is 9.36. The molecule has 0 bridgehead atoms. The molecule has 0 unspecified atom stereocenters. The number of rotatable bonds is 6. The highest BCUT2D eigenvalue weighted by atomic mass is 16.5. The summed E-state index contributed by atoms with van der Waals surface area (Å²) in [6.07, 6.45) is 3.12. The normalized spacial score (nSPS) is 10.7. The van der Waals surface area contributed by atoms with Gasteiger partial charge in [0.25, 0.3) is 0 Å². The maximum atomic E-state index is 5.64. The van der Waals surface area contributed by atoms with E-state index in [1.807, 2.05) is 45.2 Å². The Balaban J connectivity index is 1.61. The van der Waals surface area contributed by atoms with Gasteiger partial charge in [0.2, 0.25) is 0 Å². The Hall–Kier alpha value is -4.08. The van der Waals surface area contributed by atoms with E-state index in [0.29, 0.717) is 34.9 Å². The third-order valence-corrected chi connectivity index (χ3v) is 4.21. The minimum absolute atomic E-state index is 0.581. The quantitative estimate of drug-likeness (QED) is 0.501. The van der Waals surface area contributed by atoms with E-state index in [1.54, 1.807) is 24.2 Å². The summed E-state index contributed by atoms with van der Waals surface area (Å²) in [7, 11) is 3.43. The Labute approximate surface area is 173 Å². The molecule has 0 aliphatic carbocycles. The number of nitrogens with zero attached hydrogens (tertiary/aromatic N) is 7. The minimum atomic E-state index is 0.581. The zero-order chi connectivity index (χ0) is 21.1. The first-order valence-corrected chi connectivity index (χ1v) is 9.23. The second-order valence-electron chi connectivity index (χ2n) is 6.61. The third-order valence-electron chi connectivity index (χ3n) is 4.21. The molecule has 0 amide bonds. The topological polar surface area (TPSA) is 116 Å². The van der Waals surface area contributed by atoms with E-state index in [0.717, 1.165) is 16.9 Å². The zero-order valence-electron chi connectivity index (χ0n) is 17.1. The molecule has 0 spiro atoms. The van der Waals surface area contributed by atoms with Crippen molar-refractivity contribution in [3.05, 3.63) is 54.5 Å². The second-order valence-corrected chi connectivity index (χ2v) is 6.61. The van der Waals surface area contributed by atoms with Crippen molar-refractivity contribution in [2.75, 3.05) is 17.7 Å². The first kappa shape index (κ1) is 19.2. The van der Waals surface area contributed by atoms with Crippen LogP contribution in [0.15, 0.2) is 43.0 Å². The highest BCUT2D eigenvalue weighted by Gasteiger charge is 2.15. The van der Waals surface area contributed by atoms with E-state index in [1.165, 1.54) is 6.33 Å². The van der Waals surface area contributed by atoms with Gasteiger partial charge in [-0.15, -0.1) is 0 Å². The van der Waals surface area contributed by atoms with E-state index in [9.17, 15) is 0 Å². The number of hydrogen-bond donors (Lipinski definition) is 2. The predicted molar refractivity (Wildman–Crippen MR) is 113 cm³/mol. The van der Waals surface area contributed by atoms with Crippen LogP contribution < -0.4 is 15.4 Å². The van der Waals surface area contributed by atoms with Gasteiger partial charge in [-0.1, -0.05) is 6.07 Å². The van der Waals surface area contributed by atoms with Crippen molar-refractivity contribution in [1.82, 2.24) is 34.7 Å². The van der Waals surface area contributed by atoms with E-state index in [2.05, 4.69) is 40.7 Å². The van der Waals surface area contributed by atoms with E-state index >= 15 is 0 Å². The van der Waals surface area contributed by atoms with Crippen molar-refractivity contribution in [1.29, 1.82) is 0 Å². The lowest BCUT2D eigenvalue weighted by atomic mass is 10.1. The van der Waals surface area contributed by atoms with Crippen molar-refractivity contribution in [2.45, 2.75) is 13.8 Å². The Morgan fingerprint density at radius 3 is 2.43 bits per heavy atom. The van der Waals surface area contributed by atoms with Gasteiger partial charge in [0.05, 0.1) is 18.4 Å². The summed E-state index contributed by atoms with van der Waals surface area (Å²) >= 11 is 0. The Kier molecular flexibility index (Phi) is 5.21. The van der Waals surface area contributed by atoms with Gasteiger partial charge in [-0.2, -0.15) is 5.10 Å². The molecule has 4 aromatic rings. The minimum Gasteiger partial charge on any atom is -0.494 e. The Morgan fingerprint density at radius 1 is 0.933 bits per heavy atom. The van der Waals surface area contributed by atoms with Crippen LogP contribution >= 0.6 is 0 Å². The molecule has 0 radical (unpaired) electrons. The first-order valence-electron chi connectivity index (χ1n) is 9.23. The average molecular weight is 403 g/mol. The SMILES string of the molecule is COc1c(Nc2cc(Nc3cc(C)nc(C)n3)ncn2)cccc1-c1ncn(C)n1. The van der Waals surface area contributed by atoms with Crippen LogP contribution in [-0.2, 0) is 7.05 Å². The second kappa shape index (κ2) is 8.11. The molecule has 0 saturated carbocycles. The molecule has 152 valence electrons. The zero-order valence-corrected chi connectivity index (χ0v) is 17.1. The van der Waals surface area contributed by atoms with Crippen molar-refractivity contribution in [3.63, 3.8) is 0 Å². The summed E-state index contributed by atoms with van der Waals surface area (Å²) in [5.74, 6) is 3.77. The van der Waals surface area contributed by atoms with Crippen LogP contribution in [0.2, 0.25) is 0 Å². The largest absolute Gasteiger partial charge is 0.494 e. The van der Waals surface area contributed by atoms with Gasteiger partial charge >= 0.3 is 0 Å². The van der Waals surface area contributed by atoms with Gasteiger partial charge in [0.15, 0.2) is 11.6 Å². The predicted octanol–water partition coefficient (Wildman–Crippen LogP) is 3.17. The van der Waals surface area contributed by atoms with Crippen LogP contribution in [0.3, 0.4) is 0 Å². The number of benzene rings is 1. The van der Waals surface area contributed by atoms with E-state index in [4.69, 9.17) is 4.74 Å². The number of ether oxygens (including phenoxy) is 1. The number of aryl methyl sites for hydroxylation is 3. The van der Waals surface area contributed by atoms with Gasteiger partial charge in [-0.05, 0) is 26.0 Å². The average Bonchev–Trinajstić information content (AvgIpc) is 3.13. The number of hydrogen-bond acceptors (Lipinski definition) is 9. The standard InChI is InChI=1S/C20H21N9O/c1-12-8-18(25-13(2)24-12)27-17-9-16(21-10-22-17)26-15-7-5-6-14(19(15)30-4)20-23-11-29(3)28-20/h5-11H,1-4H3,(H2,21,22,24,25,26,27). The van der Waals surface area contributed by atoms with E-state index < -0.39 is 0 Å². The van der Waals surface area contributed by atoms with Gasteiger partial charge in [-0.3, -0.25) is 4.68 Å². The van der Waals surface area contributed by atoms with Gasteiger partial charge < -0.3 is 15.4 Å². The van der Waals surface area contributed by atoms with Crippen molar-refractivity contribution >= 4 is 23.1 Å². The monoisotopic (exact) mass is 403 g/mol. The van der Waals surface area contributed by atoms with Crippen molar-refractivity contribution in [2.24, 2.45) is 7.05 Å². The number of aromatic nitrogens is 7. The lowest BCUT2D eigenvalue weighted by Gasteiger charge is -2.14. The van der Waals surface area contributed by atoms with Gasteiger partial charge in [-0.25, -0.2) is 24.9 Å². The van der Waals surface area contributed by atoms with Gasteiger partial charge in [0, 0.05) is 24.9 Å². The molecular formula is C20H21N9O. The third kappa shape index (κ3) is 4.17. The summed E-state index contributed by atoms with van der Waals surface area (Å²) in [5, 5.41) is 10.8. The van der Waals surface area contributed by atoms with Crippen LogP contribution in [-0.4, -0.2) is 41.8 Å². The number of nitrogens with one attached hydrogen (secondary N) is 2. The molecule has 0 fully saturated rings. The highest BCUT2D eigenvalue weighted by Crippen LogP contribution is 2.36. The molecule has 30 heavy (non-hydrogen) atoms. The molecule has 10 nitrogen and oxygen atoms in total. The fourth-order valence-electron chi connectivity index (χ4n) is 3.04. The lowest BCUT2D eigenvalue weighted by molar-refractivity contribution is 0.418. The molecule has 10 heteroatoms. The molecule has 2 N–H and O–H groups in total. The molecule has 0 atom stereocenters. The molecule has 0 saturated heterocycles. The molecule has 3 aromatic heterocycles. The maximum Gasteiger partial charge on any atom is 0.184 e. The van der Waals surface area contributed by atoms with Crippen LogP contribution in [0.4, 0.5) is 23.1 Å². The molecule has 0 aliphatic rings. The number of methoxy groups -OCH3 is 1. The van der Waals surface area contributed by atoms with Crippen LogP contribution in [0.25, 0.3) is 11.4 Å². The Morgan fingerprint density at radius 2 is 1.73 bits per heavy atom. The smallest absolute Gasteiger partial charge is 0.184 e. The van der Waals surface area contributed by atoms with Crippen LogP contribution in [0.5, 0.6) is 5.75 Å². The molecule has 3 heterocycles. The van der Waals surface area contributed by atoms with Crippen molar-refractivity contribution in [3.8, 4) is 17.1 Å². The Bertz CT molecular complexity index is 1170. The molecule has 1 aromatic carbocycles. The van der Waals surface area contributed by atoms with Crippen LogP contribution in [0, 0.1) is 13.8 Å². The summed E-state index contributed by atoms with van der Waals surface area (Å²) in [5.41, 5.74) is 2.39. The van der Waals surface area contributed by atoms with Crippen molar-refractivity contribution < 1.29 is 4.74 Å². The maximum absolute atomic E-state index is 5.64. The highest BCUT2D eigenvalue weighted by molar-refractivity contribution is 5.77. The lowest BCUT2D eigenvalue weighted by Crippen LogP contribution is -2.03. The van der Waals surface area contributed by atoms with Gasteiger partial charge in [0.1, 0.15) is 35.9 Å². The number of para-hydroxylation sites is 1. The molecular weight excluding hydrogens is 382 g/mol. The molecule has 0 aliphatic heterocycles. The fraction of sp³-hybridized carbons (Fsp3) is 0.200. The van der Waals surface area contributed by atoms with E-state index in [-0.39, 0.29) is 0 Å². The summed E-state index contributed by atoms with van der Waals surface area (Å²) < 4.78 is 7.28.